The van der Waals surface area contributed by atoms with E-state index in [0.29, 0.717) is 32.7 Å². The Kier molecular flexibility index (Phi) is 6.82. The van der Waals surface area contributed by atoms with Crippen LogP contribution in [0.15, 0.2) is 35.6 Å². The largest absolute Gasteiger partial charge is 0.497 e. The lowest BCUT2D eigenvalue weighted by molar-refractivity contribution is -0.136. The van der Waals surface area contributed by atoms with Crippen molar-refractivity contribution in [3.8, 4) is 5.75 Å². The molecule has 8 nitrogen and oxygen atoms in total. The summed E-state index contributed by atoms with van der Waals surface area (Å²) in [7, 11) is -1.78. The molecule has 1 aromatic carbocycles. The van der Waals surface area contributed by atoms with Crippen molar-refractivity contribution in [2.24, 2.45) is 5.92 Å². The second kappa shape index (κ2) is 9.18. The molecule has 0 spiro atoms. The number of carbonyl (C=O) groups is 1. The molecule has 0 radical (unpaired) electrons. The first-order valence-electron chi connectivity index (χ1n) is 10.0. The van der Waals surface area contributed by atoms with Crippen LogP contribution < -0.4 is 4.74 Å². The lowest BCUT2D eigenvalue weighted by atomic mass is 10.2. The lowest BCUT2D eigenvalue weighted by Crippen LogP contribution is -2.49. The van der Waals surface area contributed by atoms with Gasteiger partial charge >= 0.3 is 0 Å². The summed E-state index contributed by atoms with van der Waals surface area (Å²) in [6.45, 7) is 7.32. The van der Waals surface area contributed by atoms with E-state index in [9.17, 15) is 13.2 Å². The van der Waals surface area contributed by atoms with Crippen LogP contribution in [0.3, 0.4) is 0 Å². The van der Waals surface area contributed by atoms with Crippen LogP contribution in [0.2, 0.25) is 0 Å². The molecular weight excluding hydrogens is 404 g/mol. The molecule has 1 aliphatic rings. The molecule has 3 rings (SSSR count). The van der Waals surface area contributed by atoms with Crippen LogP contribution in [0.4, 0.5) is 0 Å². The Morgan fingerprint density at radius 3 is 2.60 bits per heavy atom. The van der Waals surface area contributed by atoms with E-state index in [1.165, 1.54) is 6.26 Å². The third-order valence-corrected chi connectivity index (χ3v) is 6.06. The highest BCUT2D eigenvalue weighted by Crippen LogP contribution is 2.19. The van der Waals surface area contributed by atoms with E-state index in [1.807, 2.05) is 47.9 Å². The molecule has 30 heavy (non-hydrogen) atoms. The summed E-state index contributed by atoms with van der Waals surface area (Å²) in [5, 5.41) is 0.0918. The number of aromatic nitrogens is 2. The highest BCUT2D eigenvalue weighted by Gasteiger charge is 2.26. The molecular formula is C21H30N4O4S. The zero-order valence-electron chi connectivity index (χ0n) is 18.0. The number of piperazine rings is 1. The van der Waals surface area contributed by atoms with Crippen LogP contribution in [0.25, 0.3) is 0 Å². The van der Waals surface area contributed by atoms with Gasteiger partial charge in [0.25, 0.3) is 0 Å². The van der Waals surface area contributed by atoms with Gasteiger partial charge in [0.2, 0.25) is 20.9 Å². The summed E-state index contributed by atoms with van der Waals surface area (Å²) in [6, 6.07) is 7.73. The predicted octanol–water partition coefficient (Wildman–Crippen LogP) is 1.80. The van der Waals surface area contributed by atoms with Crippen molar-refractivity contribution in [2.45, 2.75) is 38.6 Å². The number of rotatable bonds is 8. The number of ether oxygens (including phenoxy) is 1. The summed E-state index contributed by atoms with van der Waals surface area (Å²) < 4.78 is 31.2. The molecule has 0 aliphatic carbocycles. The van der Waals surface area contributed by atoms with Gasteiger partial charge in [0.15, 0.2) is 0 Å². The number of carbonyl (C=O) groups excluding carboxylic acids is 1. The van der Waals surface area contributed by atoms with Crippen molar-refractivity contribution in [2.75, 3.05) is 33.0 Å². The van der Waals surface area contributed by atoms with E-state index < -0.39 is 9.84 Å². The lowest BCUT2D eigenvalue weighted by Gasteiger charge is -2.34. The van der Waals surface area contributed by atoms with Crippen molar-refractivity contribution in [3.05, 3.63) is 41.7 Å². The summed E-state index contributed by atoms with van der Waals surface area (Å²) in [6.07, 6.45) is 2.79. The Morgan fingerprint density at radius 2 is 1.97 bits per heavy atom. The van der Waals surface area contributed by atoms with Crippen LogP contribution in [-0.2, 0) is 34.3 Å². The van der Waals surface area contributed by atoms with E-state index in [4.69, 9.17) is 4.74 Å². The van der Waals surface area contributed by atoms with Gasteiger partial charge in [-0.3, -0.25) is 9.69 Å². The Hall–Kier alpha value is -2.39. The van der Waals surface area contributed by atoms with Crippen molar-refractivity contribution < 1.29 is 17.9 Å². The number of benzene rings is 1. The van der Waals surface area contributed by atoms with Crippen LogP contribution in [-0.4, -0.2) is 66.7 Å². The van der Waals surface area contributed by atoms with Crippen LogP contribution in [0, 0.1) is 5.92 Å². The Bertz CT molecular complexity index is 1000. The number of nitrogens with zero attached hydrogens (tertiary/aromatic N) is 4. The first kappa shape index (κ1) is 22.3. The topological polar surface area (TPSA) is 84.7 Å². The number of hydrogen-bond acceptors (Lipinski definition) is 6. The number of amides is 1. The highest BCUT2D eigenvalue weighted by atomic mass is 32.2. The van der Waals surface area contributed by atoms with Gasteiger partial charge in [-0.05, 0) is 23.6 Å². The molecule has 164 valence electrons. The fourth-order valence-electron chi connectivity index (χ4n) is 3.65. The average Bonchev–Trinajstić information content (AvgIpc) is 3.06. The molecule has 1 aliphatic heterocycles. The van der Waals surface area contributed by atoms with Gasteiger partial charge in [-0.2, -0.15) is 0 Å². The van der Waals surface area contributed by atoms with Crippen LogP contribution >= 0.6 is 0 Å². The van der Waals surface area contributed by atoms with Gasteiger partial charge in [0, 0.05) is 39.0 Å². The molecule has 1 saturated heterocycles. The highest BCUT2D eigenvalue weighted by molar-refractivity contribution is 7.90. The van der Waals surface area contributed by atoms with Gasteiger partial charge in [-0.15, -0.1) is 0 Å². The Labute approximate surface area is 178 Å². The minimum atomic E-state index is -3.41. The van der Waals surface area contributed by atoms with Crippen LogP contribution in [0.1, 0.15) is 25.1 Å². The third kappa shape index (κ3) is 5.40. The van der Waals surface area contributed by atoms with E-state index in [2.05, 4.69) is 4.98 Å². The quantitative estimate of drug-likeness (QED) is 0.630. The maximum Gasteiger partial charge on any atom is 0.237 e. The van der Waals surface area contributed by atoms with Gasteiger partial charge < -0.3 is 14.2 Å². The minimum absolute atomic E-state index is 0.0577. The van der Waals surface area contributed by atoms with Crippen molar-refractivity contribution >= 4 is 15.7 Å². The van der Waals surface area contributed by atoms with E-state index >= 15 is 0 Å². The van der Waals surface area contributed by atoms with Crippen molar-refractivity contribution in [1.82, 2.24) is 19.4 Å². The van der Waals surface area contributed by atoms with E-state index in [0.717, 1.165) is 23.6 Å². The molecule has 0 saturated carbocycles. The molecule has 0 bridgehead atoms. The molecule has 0 N–H and O–H groups in total. The fraction of sp³-hybridized carbons (Fsp3) is 0.524. The maximum absolute atomic E-state index is 12.7. The summed E-state index contributed by atoms with van der Waals surface area (Å²) in [5.74, 6) is 1.11. The summed E-state index contributed by atoms with van der Waals surface area (Å²) in [4.78, 5) is 20.8. The molecule has 1 aromatic heterocycles. The first-order valence-corrected chi connectivity index (χ1v) is 11.9. The SMILES string of the molecule is COc1cccc(CN2CCN(Cc3cnc(S(C)(=O)=O)n3CC(C)C)CC2=O)c1. The molecule has 0 unspecified atom stereocenters. The zero-order valence-corrected chi connectivity index (χ0v) is 18.9. The molecule has 2 heterocycles. The number of hydrogen-bond donors (Lipinski definition) is 0. The zero-order chi connectivity index (χ0) is 21.9. The summed E-state index contributed by atoms with van der Waals surface area (Å²) >= 11 is 0. The van der Waals surface area contributed by atoms with Crippen LogP contribution in [0.5, 0.6) is 5.75 Å². The number of sulfone groups is 1. The molecule has 1 fully saturated rings. The molecule has 0 atom stereocenters. The van der Waals surface area contributed by atoms with Gasteiger partial charge in [-0.1, -0.05) is 26.0 Å². The van der Waals surface area contributed by atoms with Gasteiger partial charge in [0.1, 0.15) is 5.75 Å². The number of imidazole rings is 1. The van der Waals surface area contributed by atoms with Crippen molar-refractivity contribution in [1.29, 1.82) is 0 Å². The van der Waals surface area contributed by atoms with Gasteiger partial charge in [-0.25, -0.2) is 13.4 Å². The molecule has 9 heteroatoms. The van der Waals surface area contributed by atoms with E-state index in [-0.39, 0.29) is 17.0 Å². The normalized spacial score (nSPS) is 15.8. The Balaban J connectivity index is 1.67. The van der Waals surface area contributed by atoms with Gasteiger partial charge in [0.05, 0.1) is 25.5 Å². The molecule has 2 aromatic rings. The smallest absolute Gasteiger partial charge is 0.237 e. The number of methoxy groups -OCH3 is 1. The van der Waals surface area contributed by atoms with E-state index in [1.54, 1.807) is 17.9 Å². The third-order valence-electron chi connectivity index (χ3n) is 5.07. The Morgan fingerprint density at radius 1 is 1.20 bits per heavy atom. The van der Waals surface area contributed by atoms with Crippen molar-refractivity contribution in [3.63, 3.8) is 0 Å². The maximum atomic E-state index is 12.7. The molecule has 1 amide bonds. The second-order valence-corrected chi connectivity index (χ2v) is 10.1. The minimum Gasteiger partial charge on any atom is -0.497 e. The standard InChI is InChI=1S/C21H30N4O4S/c1-16(2)12-25-18(11-22-21(25)30(4,27)28)14-23-8-9-24(20(26)15-23)13-17-6-5-7-19(10-17)29-3/h5-7,10-11,16H,8-9,12-15H2,1-4H3. The summed E-state index contributed by atoms with van der Waals surface area (Å²) in [5.41, 5.74) is 1.85. The average molecular weight is 435 g/mol. The first-order chi connectivity index (χ1) is 14.2. The predicted molar refractivity (Wildman–Crippen MR) is 114 cm³/mol. The fourth-order valence-corrected chi connectivity index (χ4v) is 4.49. The monoisotopic (exact) mass is 434 g/mol. The second-order valence-electron chi connectivity index (χ2n) is 8.19.